The molecule has 0 N–H and O–H groups in total. The smallest absolute Gasteiger partial charge is 0.123 e. The molecule has 86 heavy (non-hydrogen) atoms. The number of fused-ring (bicyclic) bond motifs is 6. The molecule has 2 aliphatic carbocycles. The number of hydrogen-bond acceptors (Lipinski definition) is 4. The highest BCUT2D eigenvalue weighted by Crippen LogP contribution is 2.59. The largest absolute Gasteiger partial charge is 0.490 e. The average Bonchev–Trinajstić information content (AvgIpc) is 1.55. The Balaban J connectivity index is 0.846. The summed E-state index contributed by atoms with van der Waals surface area (Å²) < 4.78 is 41.6. The van der Waals surface area contributed by atoms with Crippen molar-refractivity contribution in [3.63, 3.8) is 0 Å². The van der Waals surface area contributed by atoms with Crippen molar-refractivity contribution in [2.45, 2.75) is 10.8 Å². The highest BCUT2D eigenvalue weighted by atomic mass is 19.1. The lowest BCUT2D eigenvalue weighted by Crippen LogP contribution is -2.28. The highest BCUT2D eigenvalue weighted by Gasteiger charge is 2.48. The summed E-state index contributed by atoms with van der Waals surface area (Å²) in [5.74, 6) is 0.927. The lowest BCUT2D eigenvalue weighted by Gasteiger charge is -2.35. The second kappa shape index (κ2) is 22.4. The third kappa shape index (κ3) is 9.06. The second-order valence-electron chi connectivity index (χ2n) is 21.7. The monoisotopic (exact) mass is 1120 g/mol. The predicted molar refractivity (Wildman–Crippen MR) is 347 cm³/mol. The van der Waals surface area contributed by atoms with E-state index in [4.69, 9.17) is 9.47 Å². The van der Waals surface area contributed by atoms with Crippen LogP contribution in [-0.4, -0.2) is 13.2 Å². The maximum atomic E-state index is 14.8. The Hall–Kier alpha value is -10.8. The van der Waals surface area contributed by atoms with Crippen molar-refractivity contribution in [1.82, 2.24) is 0 Å². The zero-order valence-electron chi connectivity index (χ0n) is 47.2. The highest BCUT2D eigenvalue weighted by molar-refractivity contribution is 5.92. The molecule has 2 unspecified atom stereocenters. The summed E-state index contributed by atoms with van der Waals surface area (Å²) in [5, 5.41) is 0. The van der Waals surface area contributed by atoms with Gasteiger partial charge in [-0.05, 0) is 199 Å². The van der Waals surface area contributed by atoms with Crippen molar-refractivity contribution < 1.29 is 18.3 Å². The Labute approximate surface area is 501 Å². The summed E-state index contributed by atoms with van der Waals surface area (Å²) in [4.78, 5) is 4.40. The van der Waals surface area contributed by atoms with Crippen molar-refractivity contribution >= 4 is 34.1 Å². The van der Waals surface area contributed by atoms with Gasteiger partial charge < -0.3 is 19.3 Å². The van der Waals surface area contributed by atoms with Gasteiger partial charge >= 0.3 is 0 Å². The molecule has 4 nitrogen and oxygen atoms in total. The number of hydrogen-bond donors (Lipinski definition) is 0. The van der Waals surface area contributed by atoms with Crippen molar-refractivity contribution in [3.8, 4) is 44.9 Å². The van der Waals surface area contributed by atoms with Gasteiger partial charge in [-0.2, -0.15) is 0 Å². The molecule has 2 atom stereocenters. The summed E-state index contributed by atoms with van der Waals surface area (Å²) >= 11 is 0. The van der Waals surface area contributed by atoms with Crippen LogP contribution in [0.25, 0.3) is 33.4 Å². The maximum absolute atomic E-state index is 14.8. The van der Waals surface area contributed by atoms with Gasteiger partial charge in [-0.3, -0.25) is 0 Å². The number of nitrogens with zero attached hydrogens (tertiary/aromatic N) is 2. The van der Waals surface area contributed by atoms with Crippen molar-refractivity contribution in [1.29, 1.82) is 0 Å². The average molecular weight is 1120 g/mol. The molecule has 14 rings (SSSR count). The first-order chi connectivity index (χ1) is 42.4. The van der Waals surface area contributed by atoms with Gasteiger partial charge in [0.1, 0.15) is 36.3 Å². The van der Waals surface area contributed by atoms with E-state index >= 15 is 0 Å². The number of ether oxygens (including phenoxy) is 2. The van der Waals surface area contributed by atoms with Gasteiger partial charge in [0, 0.05) is 34.1 Å². The van der Waals surface area contributed by atoms with Crippen LogP contribution < -0.4 is 19.3 Å². The standard InChI is InChI=1S/C80H58F2N2O2/c1-3-51-85-69-45-27-59(28-46-69)79(57-15-7-5-8-16-57)75-21-13-11-19-71(75)73-49-43-67(53-77(73)79)83(65-39-31-61(81)32-40-65)63-35-23-55(24-36-63)56-25-37-64(38-26-56)84(66-41-33-62(82)34-42-66)68-44-50-74-72-20-12-14-22-76(72)80(78(74)54-68,58-17-9-6-10-18-58)60-29-47-70(48-30-60)86-52-4-2/h3-50,53-54H,1-2,51-52H2. The summed E-state index contributed by atoms with van der Waals surface area (Å²) in [7, 11) is 0. The molecule has 414 valence electrons. The van der Waals surface area contributed by atoms with Gasteiger partial charge in [-0.1, -0.05) is 195 Å². The normalized spacial score (nSPS) is 15.1. The van der Waals surface area contributed by atoms with Gasteiger partial charge in [0.2, 0.25) is 0 Å². The van der Waals surface area contributed by atoms with E-state index < -0.39 is 10.8 Å². The van der Waals surface area contributed by atoms with E-state index in [1.807, 2.05) is 48.5 Å². The first kappa shape index (κ1) is 53.2. The summed E-state index contributed by atoms with van der Waals surface area (Å²) in [6.45, 7) is 8.52. The fraction of sp³-hybridized carbons (Fsp3) is 0.0500. The molecule has 0 fully saturated rings. The second-order valence-corrected chi connectivity index (χ2v) is 21.7. The quantitative estimate of drug-likeness (QED) is 0.0849. The van der Waals surface area contributed by atoms with Gasteiger partial charge in [0.15, 0.2) is 0 Å². The SMILES string of the molecule is C=CCOc1ccc(C2(c3ccccc3)c3ccccc3-c3ccc(N(c4ccc(F)cc4)c4ccc(-c5ccc(N(c6ccc(F)cc6)c6ccc7c(c6)C(c6ccccc6)(c6ccc(OCC=C)cc6)c6ccccc6-7)cc5)cc4)cc32)cc1. The Kier molecular flexibility index (Phi) is 13.9. The molecule has 0 aromatic heterocycles. The number of benzene rings is 12. The third-order valence-corrected chi connectivity index (χ3v) is 17.1. The molecule has 0 spiro atoms. The fourth-order valence-electron chi connectivity index (χ4n) is 13.4. The molecule has 6 heteroatoms. The molecule has 12 aromatic rings. The van der Waals surface area contributed by atoms with E-state index in [1.54, 1.807) is 12.2 Å². The van der Waals surface area contributed by atoms with E-state index in [0.717, 1.165) is 101 Å². The molecule has 0 saturated heterocycles. The molecule has 2 aliphatic rings. The Bertz CT molecular complexity index is 4150. The first-order valence-electron chi connectivity index (χ1n) is 29.0. The summed E-state index contributed by atoms with van der Waals surface area (Å²) in [6.07, 6.45) is 3.51. The van der Waals surface area contributed by atoms with Gasteiger partial charge in [-0.15, -0.1) is 0 Å². The van der Waals surface area contributed by atoms with Crippen LogP contribution in [0.1, 0.15) is 44.5 Å². The van der Waals surface area contributed by atoms with Crippen LogP contribution in [0.15, 0.2) is 316 Å². The van der Waals surface area contributed by atoms with E-state index in [0.29, 0.717) is 13.2 Å². The van der Waals surface area contributed by atoms with Crippen LogP contribution in [-0.2, 0) is 10.8 Å². The van der Waals surface area contributed by atoms with Crippen LogP contribution in [0, 0.1) is 11.6 Å². The molecule has 0 heterocycles. The minimum Gasteiger partial charge on any atom is -0.490 e. The molecule has 0 radical (unpaired) electrons. The maximum Gasteiger partial charge on any atom is 0.123 e. The van der Waals surface area contributed by atoms with Crippen LogP contribution in [0.4, 0.5) is 42.9 Å². The van der Waals surface area contributed by atoms with E-state index in [9.17, 15) is 8.78 Å². The minimum absolute atomic E-state index is 0.308. The fourth-order valence-corrected chi connectivity index (χ4v) is 13.4. The topological polar surface area (TPSA) is 24.9 Å². The van der Waals surface area contributed by atoms with Crippen LogP contribution in [0.2, 0.25) is 0 Å². The molecule has 0 bridgehead atoms. The lowest BCUT2D eigenvalue weighted by molar-refractivity contribution is 0.363. The van der Waals surface area contributed by atoms with E-state index in [-0.39, 0.29) is 11.6 Å². The molecule has 0 saturated carbocycles. The molecule has 12 aromatic carbocycles. The van der Waals surface area contributed by atoms with Crippen LogP contribution >= 0.6 is 0 Å². The predicted octanol–water partition coefficient (Wildman–Crippen LogP) is 20.4. The Morgan fingerprint density at radius 1 is 0.302 bits per heavy atom. The summed E-state index contributed by atoms with van der Waals surface area (Å²) in [6, 6.07) is 99.7. The Morgan fingerprint density at radius 2 is 0.605 bits per heavy atom. The van der Waals surface area contributed by atoms with E-state index in [2.05, 4.69) is 241 Å². The van der Waals surface area contributed by atoms with Crippen molar-refractivity contribution in [2.75, 3.05) is 23.0 Å². The molecule has 0 aliphatic heterocycles. The number of halogens is 2. The summed E-state index contributed by atoms with van der Waals surface area (Å²) in [5.41, 5.74) is 19.8. The molecular weight excluding hydrogens is 1060 g/mol. The molecular formula is C80H58F2N2O2. The zero-order valence-corrected chi connectivity index (χ0v) is 47.2. The number of anilines is 6. The zero-order chi connectivity index (χ0) is 58.2. The van der Waals surface area contributed by atoms with Crippen LogP contribution in [0.5, 0.6) is 11.5 Å². The van der Waals surface area contributed by atoms with Gasteiger partial charge in [0.05, 0.1) is 10.8 Å². The number of rotatable bonds is 17. The van der Waals surface area contributed by atoms with Crippen molar-refractivity contribution in [2.24, 2.45) is 0 Å². The van der Waals surface area contributed by atoms with Gasteiger partial charge in [-0.25, -0.2) is 8.78 Å². The van der Waals surface area contributed by atoms with Gasteiger partial charge in [0.25, 0.3) is 0 Å². The Morgan fingerprint density at radius 3 is 0.965 bits per heavy atom. The minimum atomic E-state index is -0.676. The van der Waals surface area contributed by atoms with Crippen LogP contribution in [0.3, 0.4) is 0 Å². The van der Waals surface area contributed by atoms with E-state index in [1.165, 1.54) is 46.5 Å². The first-order valence-corrected chi connectivity index (χ1v) is 29.0. The molecule has 0 amide bonds. The lowest BCUT2D eigenvalue weighted by atomic mass is 9.67. The third-order valence-electron chi connectivity index (χ3n) is 17.1. The van der Waals surface area contributed by atoms with Crippen molar-refractivity contribution in [3.05, 3.63) is 373 Å².